The van der Waals surface area contributed by atoms with E-state index in [0.29, 0.717) is 23.4 Å². The highest BCUT2D eigenvalue weighted by Gasteiger charge is 2.48. The van der Waals surface area contributed by atoms with Crippen LogP contribution in [0.25, 0.3) is 0 Å². The molecular formula is C36H43F3N6O2. The molecule has 3 unspecified atom stereocenters. The molecule has 0 saturated heterocycles. The molecule has 4 aromatic rings. The molecule has 2 aromatic carbocycles. The van der Waals surface area contributed by atoms with Crippen molar-refractivity contribution in [3.05, 3.63) is 94.3 Å². The van der Waals surface area contributed by atoms with Crippen LogP contribution >= 0.6 is 0 Å². The third-order valence-electron chi connectivity index (χ3n) is 8.93. The van der Waals surface area contributed by atoms with E-state index in [0.717, 1.165) is 51.9 Å². The molecule has 6 rings (SSSR count). The van der Waals surface area contributed by atoms with Crippen LogP contribution in [-0.4, -0.2) is 31.4 Å². The maximum Gasteiger partial charge on any atom is 0.282 e. The number of hydrogen-bond acceptors (Lipinski definition) is 4. The average Bonchev–Trinajstić information content (AvgIpc) is 3.93. The van der Waals surface area contributed by atoms with E-state index in [9.17, 15) is 22.8 Å². The van der Waals surface area contributed by atoms with E-state index >= 15 is 0 Å². The lowest BCUT2D eigenvalue weighted by atomic mass is 9.91. The molecule has 2 aromatic heterocycles. The van der Waals surface area contributed by atoms with Gasteiger partial charge in [-0.2, -0.15) is 14.6 Å². The zero-order chi connectivity index (χ0) is 34.0. The van der Waals surface area contributed by atoms with E-state index in [1.54, 1.807) is 6.92 Å². The van der Waals surface area contributed by atoms with Crippen LogP contribution in [0.4, 0.5) is 24.5 Å². The number of nitrogens with zero attached hydrogens (tertiary/aromatic N) is 4. The number of nitrogens with one attached hydrogen (secondary N) is 2. The van der Waals surface area contributed by atoms with Crippen molar-refractivity contribution in [3.8, 4) is 0 Å². The lowest BCUT2D eigenvalue weighted by Gasteiger charge is -2.18. The Morgan fingerprint density at radius 3 is 2.19 bits per heavy atom. The van der Waals surface area contributed by atoms with Gasteiger partial charge in [0, 0.05) is 31.7 Å². The number of para-hydroxylation sites is 2. The zero-order valence-corrected chi connectivity index (χ0v) is 27.7. The molecule has 250 valence electrons. The number of aromatic nitrogens is 4. The molecule has 2 aliphatic carbocycles. The van der Waals surface area contributed by atoms with Crippen molar-refractivity contribution >= 4 is 23.2 Å². The van der Waals surface area contributed by atoms with Gasteiger partial charge in [0.2, 0.25) is 5.95 Å². The van der Waals surface area contributed by atoms with Crippen molar-refractivity contribution in [1.29, 1.82) is 0 Å². The van der Waals surface area contributed by atoms with Crippen LogP contribution in [-0.2, 0) is 14.1 Å². The number of aryl methyl sites for hydroxylation is 3. The summed E-state index contributed by atoms with van der Waals surface area (Å²) in [5, 5.41) is 13.3. The van der Waals surface area contributed by atoms with Crippen LogP contribution in [0.1, 0.15) is 108 Å². The van der Waals surface area contributed by atoms with Crippen molar-refractivity contribution < 1.29 is 22.8 Å². The Kier molecular flexibility index (Phi) is 10.2. The smallest absolute Gasteiger partial charge is 0.282 e. The van der Waals surface area contributed by atoms with E-state index in [-0.39, 0.29) is 11.1 Å². The quantitative estimate of drug-likeness (QED) is 0.181. The van der Waals surface area contributed by atoms with Crippen molar-refractivity contribution in [2.45, 2.75) is 71.6 Å². The van der Waals surface area contributed by atoms with Gasteiger partial charge in [-0.3, -0.25) is 14.3 Å². The predicted octanol–water partition coefficient (Wildman–Crippen LogP) is 8.39. The van der Waals surface area contributed by atoms with Gasteiger partial charge < -0.3 is 10.6 Å². The molecule has 47 heavy (non-hydrogen) atoms. The third kappa shape index (κ3) is 7.94. The number of alkyl halides is 2. The van der Waals surface area contributed by atoms with E-state index in [1.165, 1.54) is 37.8 Å². The minimum Gasteiger partial charge on any atom is -0.322 e. The molecule has 0 aliphatic heterocycles. The van der Waals surface area contributed by atoms with Gasteiger partial charge in [0.15, 0.2) is 0 Å². The van der Waals surface area contributed by atoms with Gasteiger partial charge in [0.25, 0.3) is 18.2 Å². The van der Waals surface area contributed by atoms with Crippen molar-refractivity contribution in [1.82, 2.24) is 19.6 Å². The Labute approximate surface area is 273 Å². The summed E-state index contributed by atoms with van der Waals surface area (Å²) in [7, 11) is 3.01. The number of benzene rings is 2. The molecule has 0 spiro atoms. The van der Waals surface area contributed by atoms with Gasteiger partial charge in [0.1, 0.15) is 11.3 Å². The van der Waals surface area contributed by atoms with Crippen molar-refractivity contribution in [3.63, 3.8) is 0 Å². The summed E-state index contributed by atoms with van der Waals surface area (Å²) in [5.74, 6) is 1.30. The number of rotatable bonds is 10. The fourth-order valence-corrected chi connectivity index (χ4v) is 6.53. The first kappa shape index (κ1) is 33.9. The molecule has 2 aliphatic rings. The summed E-state index contributed by atoms with van der Waals surface area (Å²) in [6.45, 7) is 8.12. The molecule has 2 heterocycles. The molecule has 2 saturated carbocycles. The fourth-order valence-electron chi connectivity index (χ4n) is 6.53. The number of hydrogen-bond donors (Lipinski definition) is 2. The summed E-state index contributed by atoms with van der Waals surface area (Å²) in [5.41, 5.74) is 3.47. The lowest BCUT2D eigenvalue weighted by Crippen LogP contribution is -2.16. The van der Waals surface area contributed by atoms with Crippen molar-refractivity contribution in [2.75, 3.05) is 10.6 Å². The summed E-state index contributed by atoms with van der Waals surface area (Å²) >= 11 is 0. The normalized spacial score (nSPS) is 17.7. The highest BCUT2D eigenvalue weighted by Crippen LogP contribution is 2.60. The Balaban J connectivity index is 0.000000185. The summed E-state index contributed by atoms with van der Waals surface area (Å²) in [4.78, 5) is 24.9. The number of halogens is 3. The number of amides is 2. The Hall–Kier alpha value is -4.41. The highest BCUT2D eigenvalue weighted by molar-refractivity contribution is 6.06. The fraction of sp³-hybridized carbons (Fsp3) is 0.444. The second kappa shape index (κ2) is 14.1. The largest absolute Gasteiger partial charge is 0.322 e. The molecule has 2 amide bonds. The van der Waals surface area contributed by atoms with Gasteiger partial charge in [-0.25, -0.2) is 13.5 Å². The first-order valence-electron chi connectivity index (χ1n) is 16.2. The molecule has 11 heteroatoms. The van der Waals surface area contributed by atoms with Gasteiger partial charge in [0.05, 0.1) is 11.3 Å². The van der Waals surface area contributed by atoms with Crippen LogP contribution in [0.15, 0.2) is 54.7 Å². The number of carbonyl (C=O) groups is 2. The number of carbonyl (C=O) groups excluding carboxylic acids is 2. The van der Waals surface area contributed by atoms with Crippen LogP contribution in [0.5, 0.6) is 0 Å². The Morgan fingerprint density at radius 2 is 1.57 bits per heavy atom. The SMILES string of the molecule is Cc1nn(C)c(F)c1C(=O)Nc1ccccc1C(C)CC(C)C.Cn1cc(C(=O)Nc2ccccc2C2CC2C2CC2)c(C(F)F)n1. The maximum atomic E-state index is 14.0. The van der Waals surface area contributed by atoms with Gasteiger partial charge in [-0.05, 0) is 85.5 Å². The second-order valence-corrected chi connectivity index (χ2v) is 13.2. The van der Waals surface area contributed by atoms with Gasteiger partial charge in [-0.1, -0.05) is 57.2 Å². The monoisotopic (exact) mass is 648 g/mol. The van der Waals surface area contributed by atoms with Crippen LogP contribution in [0.2, 0.25) is 0 Å². The molecule has 2 N–H and O–H groups in total. The molecule has 3 atom stereocenters. The summed E-state index contributed by atoms with van der Waals surface area (Å²) in [6.07, 6.45) is 3.36. The van der Waals surface area contributed by atoms with E-state index in [1.807, 2.05) is 48.5 Å². The molecule has 2 fully saturated rings. The van der Waals surface area contributed by atoms with Gasteiger partial charge >= 0.3 is 0 Å². The Morgan fingerprint density at radius 1 is 0.936 bits per heavy atom. The minimum atomic E-state index is -2.77. The van der Waals surface area contributed by atoms with E-state index < -0.39 is 29.9 Å². The standard InChI is InChI=1S/C18H19F2N3O.C18H24FN3O/c1-23-9-14(16(22-23)17(19)20)18(24)21-15-5-3-2-4-11(15)13-8-12(13)10-6-7-10;1-11(2)10-12(3)14-8-6-7-9-15(14)20-18(23)16-13(4)21-22(5)17(16)19/h2-5,9-10,12-13,17H,6-8H2,1H3,(H,21,24);6-9,11-12H,10H2,1-5H3,(H,20,23). The Bertz CT molecular complexity index is 1740. The predicted molar refractivity (Wildman–Crippen MR) is 176 cm³/mol. The molecule has 8 nitrogen and oxygen atoms in total. The number of anilines is 2. The van der Waals surface area contributed by atoms with Crippen molar-refractivity contribution in [2.24, 2.45) is 31.8 Å². The highest BCUT2D eigenvalue weighted by atomic mass is 19.3. The molecule has 0 radical (unpaired) electrons. The maximum absolute atomic E-state index is 14.0. The second-order valence-electron chi connectivity index (χ2n) is 13.2. The zero-order valence-electron chi connectivity index (χ0n) is 27.7. The van der Waals surface area contributed by atoms with Gasteiger partial charge in [-0.15, -0.1) is 0 Å². The lowest BCUT2D eigenvalue weighted by molar-refractivity contribution is 0.100. The van der Waals surface area contributed by atoms with Crippen LogP contribution < -0.4 is 10.6 Å². The minimum absolute atomic E-state index is 0.00110. The topological polar surface area (TPSA) is 93.8 Å². The first-order valence-corrected chi connectivity index (χ1v) is 16.2. The van der Waals surface area contributed by atoms with E-state index in [4.69, 9.17) is 0 Å². The third-order valence-corrected chi connectivity index (χ3v) is 8.93. The first-order chi connectivity index (χ1) is 22.3. The molecular weight excluding hydrogens is 605 g/mol. The molecule has 0 bridgehead atoms. The van der Waals surface area contributed by atoms with Crippen LogP contribution in [0.3, 0.4) is 0 Å². The van der Waals surface area contributed by atoms with Crippen LogP contribution in [0, 0.1) is 30.6 Å². The summed E-state index contributed by atoms with van der Waals surface area (Å²) < 4.78 is 42.5. The average molecular weight is 649 g/mol. The van der Waals surface area contributed by atoms with E-state index in [2.05, 4.69) is 41.6 Å². The summed E-state index contributed by atoms with van der Waals surface area (Å²) in [6, 6.07) is 15.4.